The molecule has 26 heavy (non-hydrogen) atoms. The van der Waals surface area contributed by atoms with Gasteiger partial charge in [0.05, 0.1) is 18.8 Å². The molecule has 2 aliphatic heterocycles. The Morgan fingerprint density at radius 3 is 2.73 bits per heavy atom. The van der Waals surface area contributed by atoms with Crippen LogP contribution in [0.1, 0.15) is 32.9 Å². The Labute approximate surface area is 153 Å². The average Bonchev–Trinajstić information content (AvgIpc) is 3.22. The monoisotopic (exact) mass is 362 g/mol. The quantitative estimate of drug-likeness (QED) is 0.788. The molecule has 1 aromatic rings. The lowest BCUT2D eigenvalue weighted by molar-refractivity contribution is -0.130. The minimum atomic E-state index is -0.408. The number of carbonyl (C=O) groups is 2. The number of ether oxygens (including phenoxy) is 2. The third-order valence-corrected chi connectivity index (χ3v) is 4.69. The molecule has 0 saturated carbocycles. The molecule has 0 radical (unpaired) electrons. The zero-order chi connectivity index (χ0) is 18.7. The van der Waals surface area contributed by atoms with Crippen molar-refractivity contribution in [3.63, 3.8) is 0 Å². The van der Waals surface area contributed by atoms with Crippen LogP contribution in [0.5, 0.6) is 5.88 Å². The van der Waals surface area contributed by atoms with E-state index < -0.39 is 6.09 Å². The van der Waals surface area contributed by atoms with Gasteiger partial charge in [0, 0.05) is 30.5 Å². The first-order valence-electron chi connectivity index (χ1n) is 8.99. The standard InChI is InChI=1S/C18H26N4O4/c1-18(2,3)14-4-5-15(20-19-14)26-12-13-6-7-21(10-13)16(23)11-22-8-9-25-17(22)24/h4-5,13H,6-12H2,1-3H3. The molecular formula is C18H26N4O4. The number of hydrogen-bond donors (Lipinski definition) is 0. The van der Waals surface area contributed by atoms with Crippen molar-refractivity contribution < 1.29 is 19.1 Å². The summed E-state index contributed by atoms with van der Waals surface area (Å²) in [7, 11) is 0. The molecule has 2 aliphatic rings. The van der Waals surface area contributed by atoms with Crippen molar-refractivity contribution in [3.8, 4) is 5.88 Å². The van der Waals surface area contributed by atoms with Crippen LogP contribution in [-0.2, 0) is 14.9 Å². The average molecular weight is 362 g/mol. The van der Waals surface area contributed by atoms with Crippen molar-refractivity contribution in [1.29, 1.82) is 0 Å². The number of amides is 2. The van der Waals surface area contributed by atoms with E-state index >= 15 is 0 Å². The lowest BCUT2D eigenvalue weighted by atomic mass is 9.92. The summed E-state index contributed by atoms with van der Waals surface area (Å²) in [5.41, 5.74) is 0.877. The summed E-state index contributed by atoms with van der Waals surface area (Å²) in [6, 6.07) is 3.77. The van der Waals surface area contributed by atoms with E-state index in [2.05, 4.69) is 31.0 Å². The van der Waals surface area contributed by atoms with Gasteiger partial charge in [-0.05, 0) is 12.5 Å². The van der Waals surface area contributed by atoms with Crippen LogP contribution in [0.3, 0.4) is 0 Å². The molecule has 2 amide bonds. The molecule has 0 spiro atoms. The molecule has 1 atom stereocenters. The van der Waals surface area contributed by atoms with Crippen molar-refractivity contribution in [3.05, 3.63) is 17.8 Å². The topological polar surface area (TPSA) is 84.9 Å². The molecule has 0 aromatic carbocycles. The molecule has 3 rings (SSSR count). The number of hydrogen-bond acceptors (Lipinski definition) is 6. The molecule has 8 heteroatoms. The van der Waals surface area contributed by atoms with Gasteiger partial charge in [-0.15, -0.1) is 5.10 Å². The molecule has 0 N–H and O–H groups in total. The smallest absolute Gasteiger partial charge is 0.410 e. The van der Waals surface area contributed by atoms with E-state index in [1.807, 2.05) is 12.1 Å². The van der Waals surface area contributed by atoms with Gasteiger partial charge in [-0.1, -0.05) is 20.8 Å². The van der Waals surface area contributed by atoms with Crippen LogP contribution in [0.25, 0.3) is 0 Å². The van der Waals surface area contributed by atoms with Crippen LogP contribution < -0.4 is 4.74 Å². The van der Waals surface area contributed by atoms with Gasteiger partial charge in [0.1, 0.15) is 13.2 Å². The minimum absolute atomic E-state index is 0.0410. The van der Waals surface area contributed by atoms with Gasteiger partial charge in [0.25, 0.3) is 0 Å². The fourth-order valence-corrected chi connectivity index (χ4v) is 3.03. The van der Waals surface area contributed by atoms with E-state index in [1.54, 1.807) is 4.90 Å². The van der Waals surface area contributed by atoms with Gasteiger partial charge < -0.3 is 14.4 Å². The second kappa shape index (κ2) is 7.47. The predicted octanol–water partition coefficient (Wildman–Crippen LogP) is 1.45. The van der Waals surface area contributed by atoms with Crippen molar-refractivity contribution >= 4 is 12.0 Å². The Bertz CT molecular complexity index is 656. The number of likely N-dealkylation sites (tertiary alicyclic amines) is 1. The Morgan fingerprint density at radius 1 is 1.31 bits per heavy atom. The summed E-state index contributed by atoms with van der Waals surface area (Å²) >= 11 is 0. The molecule has 1 unspecified atom stereocenters. The van der Waals surface area contributed by atoms with Crippen LogP contribution >= 0.6 is 0 Å². The third kappa shape index (κ3) is 4.42. The normalized spacial score (nSPS) is 20.4. The molecule has 0 bridgehead atoms. The fourth-order valence-electron chi connectivity index (χ4n) is 3.03. The maximum absolute atomic E-state index is 12.3. The Morgan fingerprint density at radius 2 is 2.12 bits per heavy atom. The lowest BCUT2D eigenvalue weighted by Crippen LogP contribution is -2.39. The number of cyclic esters (lactones) is 1. The largest absolute Gasteiger partial charge is 0.476 e. The van der Waals surface area contributed by atoms with E-state index in [4.69, 9.17) is 9.47 Å². The zero-order valence-corrected chi connectivity index (χ0v) is 15.6. The minimum Gasteiger partial charge on any atom is -0.476 e. The summed E-state index contributed by atoms with van der Waals surface area (Å²) < 4.78 is 10.6. The molecule has 3 heterocycles. The van der Waals surface area contributed by atoms with Gasteiger partial charge >= 0.3 is 6.09 Å². The fraction of sp³-hybridized carbons (Fsp3) is 0.667. The maximum atomic E-state index is 12.3. The van der Waals surface area contributed by atoms with Crippen molar-refractivity contribution in [2.24, 2.45) is 5.92 Å². The number of nitrogens with zero attached hydrogens (tertiary/aromatic N) is 4. The summed E-state index contributed by atoms with van der Waals surface area (Å²) in [4.78, 5) is 27.0. The Hall–Kier alpha value is -2.38. The molecule has 2 saturated heterocycles. The molecule has 142 valence electrons. The van der Waals surface area contributed by atoms with Crippen molar-refractivity contribution in [2.75, 3.05) is 39.4 Å². The SMILES string of the molecule is CC(C)(C)c1ccc(OCC2CCN(C(=O)CN3CCOC3=O)C2)nn1. The van der Waals surface area contributed by atoms with Crippen LogP contribution in [0, 0.1) is 5.92 Å². The number of aromatic nitrogens is 2. The van der Waals surface area contributed by atoms with E-state index in [0.29, 0.717) is 38.7 Å². The zero-order valence-electron chi connectivity index (χ0n) is 15.6. The second-order valence-corrected chi connectivity index (χ2v) is 7.85. The molecule has 1 aromatic heterocycles. The molecule has 0 aliphatic carbocycles. The van der Waals surface area contributed by atoms with Crippen LogP contribution in [0.4, 0.5) is 4.79 Å². The maximum Gasteiger partial charge on any atom is 0.410 e. The van der Waals surface area contributed by atoms with Crippen LogP contribution in [0.2, 0.25) is 0 Å². The lowest BCUT2D eigenvalue weighted by Gasteiger charge is -2.20. The summed E-state index contributed by atoms with van der Waals surface area (Å²) in [5, 5.41) is 8.34. The molecule has 2 fully saturated rings. The van der Waals surface area contributed by atoms with E-state index in [0.717, 1.165) is 12.1 Å². The first kappa shape index (κ1) is 18.4. The van der Waals surface area contributed by atoms with E-state index in [1.165, 1.54) is 4.90 Å². The van der Waals surface area contributed by atoms with Gasteiger partial charge in [-0.25, -0.2) is 4.79 Å². The predicted molar refractivity (Wildman–Crippen MR) is 93.8 cm³/mol. The van der Waals surface area contributed by atoms with Crippen molar-refractivity contribution in [1.82, 2.24) is 20.0 Å². The second-order valence-electron chi connectivity index (χ2n) is 7.85. The highest BCUT2D eigenvalue weighted by molar-refractivity contribution is 5.83. The molecule has 8 nitrogen and oxygen atoms in total. The Balaban J connectivity index is 1.44. The van der Waals surface area contributed by atoms with E-state index in [-0.39, 0.29) is 23.8 Å². The summed E-state index contributed by atoms with van der Waals surface area (Å²) in [6.45, 7) is 9.01. The van der Waals surface area contributed by atoms with Crippen LogP contribution in [-0.4, -0.2) is 71.4 Å². The van der Waals surface area contributed by atoms with Crippen molar-refractivity contribution in [2.45, 2.75) is 32.6 Å². The highest BCUT2D eigenvalue weighted by Gasteiger charge is 2.31. The summed E-state index contributed by atoms with van der Waals surface area (Å²) in [6.07, 6.45) is 0.471. The first-order chi connectivity index (χ1) is 12.3. The number of rotatable bonds is 5. The van der Waals surface area contributed by atoms with Gasteiger partial charge in [0.2, 0.25) is 11.8 Å². The highest BCUT2D eigenvalue weighted by atomic mass is 16.6. The van der Waals surface area contributed by atoms with Gasteiger partial charge in [-0.3, -0.25) is 9.69 Å². The highest BCUT2D eigenvalue weighted by Crippen LogP contribution is 2.21. The van der Waals surface area contributed by atoms with E-state index in [9.17, 15) is 9.59 Å². The number of carbonyl (C=O) groups excluding carboxylic acids is 2. The first-order valence-corrected chi connectivity index (χ1v) is 8.99. The summed E-state index contributed by atoms with van der Waals surface area (Å²) in [5.74, 6) is 0.719. The van der Waals surface area contributed by atoms with Gasteiger partial charge in [0.15, 0.2) is 0 Å². The third-order valence-electron chi connectivity index (χ3n) is 4.69. The Kier molecular flexibility index (Phi) is 5.29. The molecular weight excluding hydrogens is 336 g/mol. The van der Waals surface area contributed by atoms with Gasteiger partial charge in [-0.2, -0.15) is 5.10 Å². The van der Waals surface area contributed by atoms with Crippen LogP contribution in [0.15, 0.2) is 12.1 Å².